The number of nitrogens with zero attached hydrogens (tertiary/aromatic N) is 3. The molecule has 2 heterocycles. The highest BCUT2D eigenvalue weighted by molar-refractivity contribution is 5.97. The SMILES string of the molecule is O=C(c1ccc2nccnc2c1)N1CCC[C@H](O)C1. The number of carbonyl (C=O) groups is 1. The maximum Gasteiger partial charge on any atom is 0.254 e. The fraction of sp³-hybridized carbons (Fsp3) is 0.357. The van der Waals surface area contributed by atoms with Gasteiger partial charge < -0.3 is 10.0 Å². The highest BCUT2D eigenvalue weighted by atomic mass is 16.3. The van der Waals surface area contributed by atoms with Crippen molar-refractivity contribution in [3.8, 4) is 0 Å². The Kier molecular flexibility index (Phi) is 3.13. The molecule has 1 amide bonds. The number of hydrogen-bond donors (Lipinski definition) is 1. The minimum absolute atomic E-state index is 0.0497. The van der Waals surface area contributed by atoms with Crippen molar-refractivity contribution in [3.63, 3.8) is 0 Å². The Labute approximate surface area is 110 Å². The van der Waals surface area contributed by atoms with Gasteiger partial charge >= 0.3 is 0 Å². The topological polar surface area (TPSA) is 66.3 Å². The Balaban J connectivity index is 1.88. The molecule has 98 valence electrons. The number of rotatable bonds is 1. The van der Waals surface area contributed by atoms with Crippen molar-refractivity contribution in [2.45, 2.75) is 18.9 Å². The first kappa shape index (κ1) is 12.0. The molecule has 5 nitrogen and oxygen atoms in total. The number of carbonyl (C=O) groups excluding carboxylic acids is 1. The van der Waals surface area contributed by atoms with Crippen LogP contribution < -0.4 is 0 Å². The van der Waals surface area contributed by atoms with E-state index in [0.717, 1.165) is 18.4 Å². The fourth-order valence-electron chi connectivity index (χ4n) is 2.42. The van der Waals surface area contributed by atoms with E-state index in [-0.39, 0.29) is 5.91 Å². The lowest BCUT2D eigenvalue weighted by atomic mass is 10.1. The van der Waals surface area contributed by atoms with Gasteiger partial charge in [0, 0.05) is 31.0 Å². The number of hydrogen-bond acceptors (Lipinski definition) is 4. The van der Waals surface area contributed by atoms with Gasteiger partial charge in [0.2, 0.25) is 0 Å². The van der Waals surface area contributed by atoms with Crippen LogP contribution in [0.3, 0.4) is 0 Å². The Morgan fingerprint density at radius 2 is 2.05 bits per heavy atom. The van der Waals surface area contributed by atoms with Crippen LogP contribution in [0.1, 0.15) is 23.2 Å². The molecular formula is C14H15N3O2. The van der Waals surface area contributed by atoms with E-state index in [1.54, 1.807) is 35.5 Å². The van der Waals surface area contributed by atoms with Crippen LogP contribution in [0, 0.1) is 0 Å². The van der Waals surface area contributed by atoms with Gasteiger partial charge in [-0.15, -0.1) is 0 Å². The zero-order chi connectivity index (χ0) is 13.2. The number of aromatic nitrogens is 2. The van der Waals surface area contributed by atoms with Crippen molar-refractivity contribution in [2.24, 2.45) is 0 Å². The molecule has 0 radical (unpaired) electrons. The van der Waals surface area contributed by atoms with Gasteiger partial charge in [-0.05, 0) is 31.0 Å². The third-order valence-electron chi connectivity index (χ3n) is 3.40. The number of aliphatic hydroxyl groups is 1. The van der Waals surface area contributed by atoms with Crippen molar-refractivity contribution >= 4 is 16.9 Å². The lowest BCUT2D eigenvalue weighted by Crippen LogP contribution is -2.42. The maximum atomic E-state index is 12.4. The lowest BCUT2D eigenvalue weighted by molar-refractivity contribution is 0.0474. The summed E-state index contributed by atoms with van der Waals surface area (Å²) in [7, 11) is 0. The van der Waals surface area contributed by atoms with E-state index in [2.05, 4.69) is 9.97 Å². The summed E-state index contributed by atoms with van der Waals surface area (Å²) in [6.45, 7) is 1.12. The van der Waals surface area contributed by atoms with Crippen LogP contribution in [0.4, 0.5) is 0 Å². The average Bonchev–Trinajstić information content (AvgIpc) is 2.46. The van der Waals surface area contributed by atoms with E-state index in [1.165, 1.54) is 0 Å². The number of piperidine rings is 1. The predicted octanol–water partition coefficient (Wildman–Crippen LogP) is 1.23. The number of aliphatic hydroxyl groups excluding tert-OH is 1. The van der Waals surface area contributed by atoms with Crippen molar-refractivity contribution < 1.29 is 9.90 Å². The van der Waals surface area contributed by atoms with Gasteiger partial charge in [-0.1, -0.05) is 0 Å². The summed E-state index contributed by atoms with van der Waals surface area (Å²) < 4.78 is 0. The summed E-state index contributed by atoms with van der Waals surface area (Å²) in [5, 5.41) is 9.63. The van der Waals surface area contributed by atoms with Crippen LogP contribution in [0.5, 0.6) is 0 Å². The van der Waals surface area contributed by atoms with Crippen molar-refractivity contribution in [3.05, 3.63) is 36.2 Å². The first-order valence-electron chi connectivity index (χ1n) is 6.42. The molecule has 0 saturated carbocycles. The van der Waals surface area contributed by atoms with Crippen LogP contribution >= 0.6 is 0 Å². The number of fused-ring (bicyclic) bond motifs is 1. The number of amides is 1. The normalized spacial score (nSPS) is 19.6. The van der Waals surface area contributed by atoms with Crippen molar-refractivity contribution in [1.82, 2.24) is 14.9 Å². The largest absolute Gasteiger partial charge is 0.391 e. The van der Waals surface area contributed by atoms with Crippen LogP contribution in [0.15, 0.2) is 30.6 Å². The van der Waals surface area contributed by atoms with Gasteiger partial charge in [-0.2, -0.15) is 0 Å². The van der Waals surface area contributed by atoms with Crippen molar-refractivity contribution in [1.29, 1.82) is 0 Å². The molecule has 2 aromatic rings. The highest BCUT2D eigenvalue weighted by Crippen LogP contribution is 2.16. The Morgan fingerprint density at radius 1 is 1.26 bits per heavy atom. The Bertz CT molecular complexity index is 614. The van der Waals surface area contributed by atoms with E-state index in [0.29, 0.717) is 24.2 Å². The molecule has 1 fully saturated rings. The monoisotopic (exact) mass is 257 g/mol. The zero-order valence-corrected chi connectivity index (χ0v) is 10.5. The van der Waals surface area contributed by atoms with Gasteiger partial charge in [0.15, 0.2) is 0 Å². The molecule has 1 aliphatic heterocycles. The summed E-state index contributed by atoms with van der Waals surface area (Å²) in [5.41, 5.74) is 2.09. The third kappa shape index (κ3) is 2.42. The summed E-state index contributed by atoms with van der Waals surface area (Å²) in [4.78, 5) is 22.4. The summed E-state index contributed by atoms with van der Waals surface area (Å²) in [5.74, 6) is -0.0497. The van der Waals surface area contributed by atoms with Crippen LogP contribution in [0.25, 0.3) is 11.0 Å². The summed E-state index contributed by atoms with van der Waals surface area (Å²) in [6.07, 6.45) is 4.46. The van der Waals surface area contributed by atoms with Gasteiger partial charge in [0.05, 0.1) is 17.1 Å². The predicted molar refractivity (Wildman–Crippen MR) is 70.7 cm³/mol. The first-order valence-corrected chi connectivity index (χ1v) is 6.42. The molecule has 1 saturated heterocycles. The molecule has 5 heteroatoms. The van der Waals surface area contributed by atoms with E-state index in [1.807, 2.05) is 0 Å². The van der Waals surface area contributed by atoms with Crippen LogP contribution in [0.2, 0.25) is 0 Å². The fourth-order valence-corrected chi connectivity index (χ4v) is 2.42. The minimum atomic E-state index is -0.405. The maximum absolute atomic E-state index is 12.4. The average molecular weight is 257 g/mol. The third-order valence-corrected chi connectivity index (χ3v) is 3.40. The highest BCUT2D eigenvalue weighted by Gasteiger charge is 2.23. The Morgan fingerprint density at radius 3 is 2.84 bits per heavy atom. The van der Waals surface area contributed by atoms with E-state index < -0.39 is 6.10 Å². The first-order chi connectivity index (χ1) is 9.24. The molecular weight excluding hydrogens is 242 g/mol. The quantitative estimate of drug-likeness (QED) is 0.834. The molecule has 19 heavy (non-hydrogen) atoms. The van der Waals surface area contributed by atoms with Crippen LogP contribution in [-0.4, -0.2) is 45.1 Å². The number of benzene rings is 1. The molecule has 0 unspecified atom stereocenters. The number of β-amino-alcohol motifs (C(OH)–C–C–N with tert-alkyl or cyclic N) is 1. The molecule has 1 aliphatic rings. The van der Waals surface area contributed by atoms with Gasteiger partial charge in [0.25, 0.3) is 5.91 Å². The van der Waals surface area contributed by atoms with Crippen LogP contribution in [-0.2, 0) is 0 Å². The van der Waals surface area contributed by atoms with E-state index in [4.69, 9.17) is 0 Å². The zero-order valence-electron chi connectivity index (χ0n) is 10.5. The molecule has 1 N–H and O–H groups in total. The van der Waals surface area contributed by atoms with Gasteiger partial charge in [0.1, 0.15) is 0 Å². The molecule has 1 aromatic carbocycles. The standard InChI is InChI=1S/C14H15N3O2/c18-11-2-1-7-17(9-11)14(19)10-3-4-12-13(8-10)16-6-5-15-12/h3-6,8,11,18H,1-2,7,9H2/t11-/m0/s1. The summed E-state index contributed by atoms with van der Waals surface area (Å²) >= 11 is 0. The summed E-state index contributed by atoms with van der Waals surface area (Å²) in [6, 6.07) is 5.32. The molecule has 0 aliphatic carbocycles. The van der Waals surface area contributed by atoms with Gasteiger partial charge in [-0.25, -0.2) is 0 Å². The van der Waals surface area contributed by atoms with E-state index >= 15 is 0 Å². The van der Waals surface area contributed by atoms with Crippen molar-refractivity contribution in [2.75, 3.05) is 13.1 Å². The number of likely N-dealkylation sites (tertiary alicyclic amines) is 1. The minimum Gasteiger partial charge on any atom is -0.391 e. The van der Waals surface area contributed by atoms with E-state index in [9.17, 15) is 9.90 Å². The molecule has 1 atom stereocenters. The smallest absolute Gasteiger partial charge is 0.254 e. The second-order valence-corrected chi connectivity index (χ2v) is 4.81. The second-order valence-electron chi connectivity index (χ2n) is 4.81. The molecule has 0 bridgehead atoms. The second kappa shape index (κ2) is 4.93. The Hall–Kier alpha value is -2.01. The lowest BCUT2D eigenvalue weighted by Gasteiger charge is -2.30. The van der Waals surface area contributed by atoms with Gasteiger partial charge in [-0.3, -0.25) is 14.8 Å². The molecule has 0 spiro atoms. The molecule has 3 rings (SSSR count). The molecule has 1 aromatic heterocycles.